The number of anilines is 1. The van der Waals surface area contributed by atoms with Gasteiger partial charge in [0.05, 0.1) is 5.69 Å². The summed E-state index contributed by atoms with van der Waals surface area (Å²) >= 11 is 2.28. The second-order valence-corrected chi connectivity index (χ2v) is 9.67. The molecule has 0 radical (unpaired) electrons. The number of hydrogen-bond acceptors (Lipinski definition) is 8. The van der Waals surface area contributed by atoms with Gasteiger partial charge in [-0.2, -0.15) is 4.72 Å². The normalized spacial score (nSPS) is 11.2. The van der Waals surface area contributed by atoms with Gasteiger partial charge in [-0.05, 0) is 18.4 Å². The fourth-order valence-electron chi connectivity index (χ4n) is 2.18. The van der Waals surface area contributed by atoms with Gasteiger partial charge in [-0.25, -0.2) is 13.4 Å². The summed E-state index contributed by atoms with van der Waals surface area (Å²) in [6.45, 7) is 0.881. The number of hydrogen-bond donors (Lipinski definition) is 2. The van der Waals surface area contributed by atoms with Crippen LogP contribution in [0.5, 0.6) is 0 Å². The maximum Gasteiger partial charge on any atom is 0.321 e. The molecule has 0 saturated carbocycles. The number of carbonyl (C=O) groups is 2. The highest BCUT2D eigenvalue weighted by atomic mass is 32.2. The number of thiazole rings is 1. The minimum atomic E-state index is -3.77. The monoisotopic (exact) mass is 451 g/mol. The third kappa shape index (κ3) is 5.94. The van der Waals surface area contributed by atoms with Crippen LogP contribution in [0.15, 0.2) is 51.4 Å². The lowest BCUT2D eigenvalue weighted by atomic mass is 10.1. The Morgan fingerprint density at radius 2 is 1.90 bits per heavy atom. The minimum absolute atomic E-state index is 0.0937. The molecular weight excluding hydrogens is 434 g/mol. The van der Waals surface area contributed by atoms with E-state index in [0.717, 1.165) is 28.2 Å². The number of carbonyl (C=O) groups excluding carboxylic acids is 2. The Morgan fingerprint density at radius 3 is 2.59 bits per heavy atom. The topological polar surface area (TPSA) is 114 Å². The Kier molecular flexibility index (Phi) is 6.75. The van der Waals surface area contributed by atoms with Gasteiger partial charge in [0.15, 0.2) is 11.7 Å². The van der Waals surface area contributed by atoms with Crippen LogP contribution < -0.4 is 10.0 Å². The van der Waals surface area contributed by atoms with Crippen LogP contribution in [0, 0.1) is 6.92 Å². The largest absolute Gasteiger partial charge is 0.455 e. The molecule has 3 aromatic rings. The number of ether oxygens (including phenoxy) is 1. The zero-order chi connectivity index (χ0) is 20.9. The molecule has 0 atom stereocenters. The molecule has 0 unspecified atom stereocenters. The summed E-state index contributed by atoms with van der Waals surface area (Å²) in [6.07, 6.45) is 0. The number of sulfonamides is 1. The minimum Gasteiger partial charge on any atom is -0.455 e. The molecule has 11 heteroatoms. The van der Waals surface area contributed by atoms with Crippen molar-refractivity contribution >= 4 is 49.7 Å². The van der Waals surface area contributed by atoms with E-state index in [2.05, 4.69) is 15.0 Å². The van der Waals surface area contributed by atoms with Gasteiger partial charge in [0, 0.05) is 10.9 Å². The number of nitrogens with zero attached hydrogens (tertiary/aromatic N) is 1. The SMILES string of the molecule is Cc1ccc(-c2csc(NC(=O)COC(=O)CNS(=O)(=O)c3cccs3)n2)cc1. The van der Waals surface area contributed by atoms with Gasteiger partial charge in [0.25, 0.3) is 15.9 Å². The number of esters is 1. The van der Waals surface area contributed by atoms with Crippen molar-refractivity contribution in [2.24, 2.45) is 0 Å². The first-order valence-corrected chi connectivity index (χ1v) is 11.6. The van der Waals surface area contributed by atoms with Crippen molar-refractivity contribution in [2.75, 3.05) is 18.5 Å². The molecule has 29 heavy (non-hydrogen) atoms. The van der Waals surface area contributed by atoms with Gasteiger partial charge in [0.1, 0.15) is 10.8 Å². The lowest BCUT2D eigenvalue weighted by Gasteiger charge is -2.06. The fourth-order valence-corrected chi connectivity index (χ4v) is 4.92. The number of nitrogens with one attached hydrogen (secondary N) is 2. The van der Waals surface area contributed by atoms with E-state index in [0.29, 0.717) is 5.13 Å². The summed E-state index contributed by atoms with van der Waals surface area (Å²) in [5, 5.41) is 6.35. The molecule has 0 aliphatic carbocycles. The Bertz CT molecular complexity index is 1090. The first kappa shape index (κ1) is 21.1. The Morgan fingerprint density at radius 1 is 1.14 bits per heavy atom. The first-order valence-electron chi connectivity index (χ1n) is 8.35. The third-order valence-electron chi connectivity index (χ3n) is 3.63. The third-order valence-corrected chi connectivity index (χ3v) is 7.19. The summed E-state index contributed by atoms with van der Waals surface area (Å²) in [4.78, 5) is 28.0. The first-order chi connectivity index (χ1) is 13.8. The summed E-state index contributed by atoms with van der Waals surface area (Å²) in [6, 6.07) is 10.8. The van der Waals surface area contributed by atoms with E-state index in [1.807, 2.05) is 36.6 Å². The molecule has 8 nitrogen and oxygen atoms in total. The van der Waals surface area contributed by atoms with Gasteiger partial charge in [-0.15, -0.1) is 22.7 Å². The zero-order valence-corrected chi connectivity index (χ0v) is 17.7. The molecular formula is C18H17N3O5S3. The molecule has 152 valence electrons. The number of benzene rings is 1. The molecule has 2 aromatic heterocycles. The van der Waals surface area contributed by atoms with Crippen LogP contribution in [-0.4, -0.2) is 38.4 Å². The van der Waals surface area contributed by atoms with Crippen molar-refractivity contribution in [3.63, 3.8) is 0 Å². The predicted octanol–water partition coefficient (Wildman–Crippen LogP) is 2.64. The number of thiophene rings is 1. The van der Waals surface area contributed by atoms with Gasteiger partial charge < -0.3 is 4.74 Å². The van der Waals surface area contributed by atoms with E-state index in [1.54, 1.807) is 11.4 Å². The van der Waals surface area contributed by atoms with Crippen LogP contribution in [0.3, 0.4) is 0 Å². The van der Waals surface area contributed by atoms with Crippen molar-refractivity contribution in [1.82, 2.24) is 9.71 Å². The van der Waals surface area contributed by atoms with E-state index >= 15 is 0 Å². The maximum absolute atomic E-state index is 11.9. The number of rotatable bonds is 8. The second kappa shape index (κ2) is 9.27. The summed E-state index contributed by atoms with van der Waals surface area (Å²) in [5.41, 5.74) is 2.79. The Labute approximate surface area is 175 Å². The highest BCUT2D eigenvalue weighted by Crippen LogP contribution is 2.25. The van der Waals surface area contributed by atoms with Gasteiger partial charge in [0.2, 0.25) is 0 Å². The molecule has 3 rings (SSSR count). The van der Waals surface area contributed by atoms with E-state index in [4.69, 9.17) is 4.74 Å². The molecule has 2 heterocycles. The van der Waals surface area contributed by atoms with E-state index in [1.165, 1.54) is 17.4 Å². The van der Waals surface area contributed by atoms with Crippen molar-refractivity contribution in [2.45, 2.75) is 11.1 Å². The second-order valence-electron chi connectivity index (χ2n) is 5.87. The molecule has 2 N–H and O–H groups in total. The van der Waals surface area contributed by atoms with Crippen molar-refractivity contribution in [3.8, 4) is 11.3 Å². The van der Waals surface area contributed by atoms with Gasteiger partial charge in [-0.3, -0.25) is 14.9 Å². The molecule has 1 amide bonds. The Balaban J connectivity index is 1.45. The van der Waals surface area contributed by atoms with Crippen LogP contribution in [-0.2, 0) is 24.3 Å². The van der Waals surface area contributed by atoms with Crippen molar-refractivity contribution < 1.29 is 22.7 Å². The smallest absolute Gasteiger partial charge is 0.321 e. The van der Waals surface area contributed by atoms with Gasteiger partial charge in [-0.1, -0.05) is 35.9 Å². The molecule has 0 spiro atoms. The quantitative estimate of drug-likeness (QED) is 0.509. The maximum atomic E-state index is 11.9. The van der Waals surface area contributed by atoms with Crippen molar-refractivity contribution in [1.29, 1.82) is 0 Å². The van der Waals surface area contributed by atoms with Crippen LogP contribution in [0.25, 0.3) is 11.3 Å². The van der Waals surface area contributed by atoms with Gasteiger partial charge >= 0.3 is 5.97 Å². The van der Waals surface area contributed by atoms with Crippen molar-refractivity contribution in [3.05, 3.63) is 52.7 Å². The number of aromatic nitrogens is 1. The molecule has 1 aromatic carbocycles. The standard InChI is InChI=1S/C18H17N3O5S3/c1-12-4-6-13(7-5-12)14-11-28-18(20-14)21-15(22)10-26-16(23)9-19-29(24,25)17-3-2-8-27-17/h2-8,11,19H,9-10H2,1H3,(H,20,21,22). The molecule has 0 bridgehead atoms. The van der Waals surface area contributed by atoms with E-state index in [-0.39, 0.29) is 4.21 Å². The van der Waals surface area contributed by atoms with E-state index in [9.17, 15) is 18.0 Å². The van der Waals surface area contributed by atoms with E-state index < -0.39 is 35.1 Å². The average molecular weight is 452 g/mol. The summed E-state index contributed by atoms with van der Waals surface area (Å²) < 4.78 is 30.9. The molecule has 0 aliphatic heterocycles. The number of aryl methyl sites for hydroxylation is 1. The van der Waals surface area contributed by atoms with Crippen LogP contribution >= 0.6 is 22.7 Å². The summed E-state index contributed by atoms with van der Waals surface area (Å²) in [5.74, 6) is -1.43. The average Bonchev–Trinajstić information content (AvgIpc) is 3.38. The molecule has 0 fully saturated rings. The highest BCUT2D eigenvalue weighted by Gasteiger charge is 2.17. The Hall–Kier alpha value is -2.60. The summed E-state index contributed by atoms with van der Waals surface area (Å²) in [7, 11) is -3.77. The van der Waals surface area contributed by atoms with Crippen LogP contribution in [0.4, 0.5) is 5.13 Å². The van der Waals surface area contributed by atoms with Crippen LogP contribution in [0.1, 0.15) is 5.56 Å². The lowest BCUT2D eigenvalue weighted by Crippen LogP contribution is -2.32. The molecule has 0 aliphatic rings. The van der Waals surface area contributed by atoms with Crippen LogP contribution in [0.2, 0.25) is 0 Å². The fraction of sp³-hybridized carbons (Fsp3) is 0.167. The highest BCUT2D eigenvalue weighted by molar-refractivity contribution is 7.91. The zero-order valence-electron chi connectivity index (χ0n) is 15.2. The lowest BCUT2D eigenvalue weighted by molar-refractivity contribution is -0.146. The molecule has 0 saturated heterocycles. The predicted molar refractivity (Wildman–Crippen MR) is 111 cm³/mol. The number of amides is 1.